The van der Waals surface area contributed by atoms with E-state index in [1.54, 1.807) is 26.4 Å². The zero-order chi connectivity index (χ0) is 9.40. The minimum atomic E-state index is -0.111. The molecular weight excluding hydrogens is 160 g/mol. The van der Waals surface area contributed by atoms with Crippen LogP contribution in [0.2, 0.25) is 0 Å². The average molecular weight is 174 g/mol. The summed E-state index contributed by atoms with van der Waals surface area (Å²) in [5.74, 6) is 0.970. The average Bonchev–Trinajstić information content (AvgIpc) is 2.53. The van der Waals surface area contributed by atoms with Crippen LogP contribution in [-0.4, -0.2) is 24.4 Å². The molecule has 0 unspecified atom stereocenters. The van der Waals surface area contributed by atoms with Crippen LogP contribution in [0.25, 0.3) is 0 Å². The highest BCUT2D eigenvalue weighted by atomic mass is 16.4. The molecule has 70 valence electrons. The van der Waals surface area contributed by atoms with Crippen molar-refractivity contribution in [1.82, 2.24) is 0 Å². The molecule has 0 radical (unpaired) electrons. The zero-order valence-corrected chi connectivity index (χ0v) is 7.28. The molecule has 0 aromatic carbocycles. The van der Waals surface area contributed by atoms with Crippen molar-refractivity contribution < 1.29 is 19.4 Å². The first-order valence-corrected chi connectivity index (χ1v) is 3.47. The molecule has 0 saturated carbocycles. The van der Waals surface area contributed by atoms with Crippen molar-refractivity contribution in [1.29, 1.82) is 0 Å². The number of ether oxygens (including phenoxy) is 1. The molecule has 12 heavy (non-hydrogen) atoms. The number of hydrogen-bond acceptors (Lipinski definition) is 4. The third-order valence-electron chi connectivity index (χ3n) is 1.03. The largest absolute Gasteiger partial charge is 0.461 e. The maximum Gasteiger partial charge on any atom is 0.129 e. The molecular formula is C8H14O4. The summed E-state index contributed by atoms with van der Waals surface area (Å²) in [6, 6.07) is 3.26. The minimum absolute atomic E-state index is 0.111. The van der Waals surface area contributed by atoms with Crippen molar-refractivity contribution in [3.63, 3.8) is 0 Å². The lowest BCUT2D eigenvalue weighted by Gasteiger charge is -1.86. The van der Waals surface area contributed by atoms with E-state index in [0.717, 1.165) is 0 Å². The van der Waals surface area contributed by atoms with Crippen molar-refractivity contribution in [3.05, 3.63) is 23.7 Å². The highest BCUT2D eigenvalue weighted by Crippen LogP contribution is 2.06. The number of aliphatic hydroxyl groups is 2. The predicted molar refractivity (Wildman–Crippen MR) is 43.5 cm³/mol. The van der Waals surface area contributed by atoms with Gasteiger partial charge in [0.1, 0.15) is 24.7 Å². The Kier molecular flexibility index (Phi) is 6.37. The third kappa shape index (κ3) is 4.12. The molecule has 0 atom stereocenters. The van der Waals surface area contributed by atoms with Gasteiger partial charge in [-0.1, -0.05) is 0 Å². The molecule has 1 rings (SSSR count). The van der Waals surface area contributed by atoms with Crippen molar-refractivity contribution in [2.24, 2.45) is 0 Å². The first-order chi connectivity index (χ1) is 5.78. The lowest BCUT2D eigenvalue weighted by atomic mass is 10.4. The van der Waals surface area contributed by atoms with Gasteiger partial charge in [-0.25, -0.2) is 0 Å². The van der Waals surface area contributed by atoms with Crippen molar-refractivity contribution >= 4 is 0 Å². The zero-order valence-electron chi connectivity index (χ0n) is 7.28. The molecule has 1 aromatic heterocycles. The van der Waals surface area contributed by atoms with Gasteiger partial charge in [0.05, 0.1) is 0 Å². The Bertz CT molecular complexity index is 176. The van der Waals surface area contributed by atoms with Gasteiger partial charge in [0.25, 0.3) is 0 Å². The maximum atomic E-state index is 8.47. The fraction of sp³-hybridized carbons (Fsp3) is 0.500. The molecule has 0 aliphatic carbocycles. The van der Waals surface area contributed by atoms with Crippen LogP contribution >= 0.6 is 0 Å². The summed E-state index contributed by atoms with van der Waals surface area (Å²) in [4.78, 5) is 0. The topological polar surface area (TPSA) is 62.8 Å². The summed E-state index contributed by atoms with van der Waals surface area (Å²) in [7, 11) is 3.25. The molecule has 0 bridgehead atoms. The van der Waals surface area contributed by atoms with Gasteiger partial charge in [-0.05, 0) is 12.1 Å². The van der Waals surface area contributed by atoms with E-state index in [0.29, 0.717) is 11.5 Å². The van der Waals surface area contributed by atoms with E-state index in [-0.39, 0.29) is 13.2 Å². The van der Waals surface area contributed by atoms with Crippen molar-refractivity contribution in [2.45, 2.75) is 13.2 Å². The molecule has 0 aliphatic rings. The van der Waals surface area contributed by atoms with Crippen LogP contribution in [0.15, 0.2) is 16.5 Å². The Morgan fingerprint density at radius 2 is 1.50 bits per heavy atom. The van der Waals surface area contributed by atoms with E-state index in [1.165, 1.54) is 0 Å². The van der Waals surface area contributed by atoms with E-state index in [1.807, 2.05) is 0 Å². The maximum absolute atomic E-state index is 8.47. The molecule has 4 nitrogen and oxygen atoms in total. The van der Waals surface area contributed by atoms with Crippen LogP contribution in [0.5, 0.6) is 0 Å². The van der Waals surface area contributed by atoms with E-state index in [4.69, 9.17) is 14.6 Å². The summed E-state index contributed by atoms with van der Waals surface area (Å²) in [6.45, 7) is -0.222. The smallest absolute Gasteiger partial charge is 0.129 e. The Morgan fingerprint density at radius 3 is 1.67 bits per heavy atom. The van der Waals surface area contributed by atoms with E-state index >= 15 is 0 Å². The molecule has 0 spiro atoms. The summed E-state index contributed by atoms with van der Waals surface area (Å²) >= 11 is 0. The number of methoxy groups -OCH3 is 1. The lowest BCUT2D eigenvalue weighted by Crippen LogP contribution is -1.76. The normalized spacial score (nSPS) is 9.00. The second-order valence-corrected chi connectivity index (χ2v) is 2.09. The van der Waals surface area contributed by atoms with Gasteiger partial charge >= 0.3 is 0 Å². The number of furan rings is 1. The molecule has 0 saturated heterocycles. The number of hydrogen-bond donors (Lipinski definition) is 2. The van der Waals surface area contributed by atoms with Crippen LogP contribution < -0.4 is 0 Å². The van der Waals surface area contributed by atoms with Crippen LogP contribution in [0.1, 0.15) is 11.5 Å². The minimum Gasteiger partial charge on any atom is -0.461 e. The van der Waals surface area contributed by atoms with Gasteiger partial charge in [0.2, 0.25) is 0 Å². The SMILES string of the molecule is COC.OCc1ccc(CO)o1. The van der Waals surface area contributed by atoms with Gasteiger partial charge in [-0.15, -0.1) is 0 Å². The van der Waals surface area contributed by atoms with Crippen molar-refractivity contribution in [2.75, 3.05) is 14.2 Å². The second kappa shape index (κ2) is 6.84. The number of rotatable bonds is 2. The summed E-state index contributed by atoms with van der Waals surface area (Å²) in [6.07, 6.45) is 0. The Hall–Kier alpha value is -0.840. The molecule has 1 aromatic rings. The van der Waals surface area contributed by atoms with Gasteiger partial charge in [0.15, 0.2) is 0 Å². The quantitative estimate of drug-likeness (QED) is 0.686. The van der Waals surface area contributed by atoms with Crippen molar-refractivity contribution in [3.8, 4) is 0 Å². The Morgan fingerprint density at radius 1 is 1.17 bits per heavy atom. The monoisotopic (exact) mass is 174 g/mol. The first-order valence-electron chi connectivity index (χ1n) is 3.47. The van der Waals surface area contributed by atoms with Gasteiger partial charge < -0.3 is 19.4 Å². The van der Waals surface area contributed by atoms with E-state index in [9.17, 15) is 0 Å². The van der Waals surface area contributed by atoms with Crippen LogP contribution in [0.3, 0.4) is 0 Å². The number of aliphatic hydroxyl groups excluding tert-OH is 2. The summed E-state index contributed by atoms with van der Waals surface area (Å²) in [5, 5.41) is 16.9. The summed E-state index contributed by atoms with van der Waals surface area (Å²) in [5.41, 5.74) is 0. The molecule has 0 amide bonds. The Labute approximate surface area is 71.4 Å². The fourth-order valence-corrected chi connectivity index (χ4v) is 0.592. The first kappa shape index (κ1) is 11.2. The van der Waals surface area contributed by atoms with Crippen LogP contribution in [-0.2, 0) is 18.0 Å². The molecule has 1 heterocycles. The second-order valence-electron chi connectivity index (χ2n) is 2.09. The molecule has 4 heteroatoms. The van der Waals surface area contributed by atoms with Crippen LogP contribution in [0.4, 0.5) is 0 Å². The van der Waals surface area contributed by atoms with Gasteiger partial charge in [-0.2, -0.15) is 0 Å². The standard InChI is InChI=1S/C6H8O3.C2H6O/c7-3-5-1-2-6(4-8)9-5;1-3-2/h1-2,7-8H,3-4H2;1-2H3. The van der Waals surface area contributed by atoms with Gasteiger partial charge in [-0.3, -0.25) is 0 Å². The molecule has 2 N–H and O–H groups in total. The fourth-order valence-electron chi connectivity index (χ4n) is 0.592. The highest BCUT2D eigenvalue weighted by molar-refractivity contribution is 5.04. The van der Waals surface area contributed by atoms with E-state index < -0.39 is 0 Å². The lowest BCUT2D eigenvalue weighted by molar-refractivity contribution is 0.215. The Balaban J connectivity index is 0.000000354. The summed E-state index contributed by atoms with van der Waals surface area (Å²) < 4.78 is 9.13. The van der Waals surface area contributed by atoms with Crippen LogP contribution in [0, 0.1) is 0 Å². The highest BCUT2D eigenvalue weighted by Gasteiger charge is 1.96. The predicted octanol–water partition coefficient (Wildman–Crippen LogP) is 0.527. The molecule has 0 aliphatic heterocycles. The third-order valence-corrected chi connectivity index (χ3v) is 1.03. The molecule has 0 fully saturated rings. The van der Waals surface area contributed by atoms with E-state index in [2.05, 4.69) is 4.74 Å². The van der Waals surface area contributed by atoms with Gasteiger partial charge in [0, 0.05) is 14.2 Å².